The van der Waals surface area contributed by atoms with E-state index in [2.05, 4.69) is 27.0 Å². The zero-order valence-electron chi connectivity index (χ0n) is 24.3. The molecule has 10 atom stereocenters. The van der Waals surface area contributed by atoms with Crippen molar-refractivity contribution in [2.45, 2.75) is 108 Å². The summed E-state index contributed by atoms with van der Waals surface area (Å²) in [5.41, 5.74) is 9.81. The van der Waals surface area contributed by atoms with Gasteiger partial charge in [-0.05, 0) is 27.7 Å². The van der Waals surface area contributed by atoms with Gasteiger partial charge in [-0.1, -0.05) is 0 Å². The van der Waals surface area contributed by atoms with Gasteiger partial charge < -0.3 is 44.7 Å². The highest BCUT2D eigenvalue weighted by Gasteiger charge is 2.51. The Kier molecular flexibility index (Phi) is 15.8. The molecule has 3 amide bonds. The summed E-state index contributed by atoms with van der Waals surface area (Å²) in [5.74, 6) is -1.58. The van der Waals surface area contributed by atoms with Crippen LogP contribution >= 0.6 is 0 Å². The normalized spacial score (nSPS) is 33.3. The van der Waals surface area contributed by atoms with Crippen LogP contribution in [0.1, 0.15) is 41.0 Å². The van der Waals surface area contributed by atoms with Crippen LogP contribution in [0.5, 0.6) is 0 Å². The molecular formula is C24H45N5O12. The summed E-state index contributed by atoms with van der Waals surface area (Å²) in [4.78, 5) is 45.2. The third kappa shape index (κ3) is 11.1. The number of ketones is 1. The van der Waals surface area contributed by atoms with Gasteiger partial charge in [0.2, 0.25) is 17.7 Å². The molecule has 2 aliphatic heterocycles. The van der Waals surface area contributed by atoms with Crippen molar-refractivity contribution in [1.82, 2.24) is 27.0 Å². The maximum Gasteiger partial charge on any atom is 0.243 e. The standard InChI is InChI=1S/C17H29NO10.C7H16N4O2/c1-6(20)14-16(25-4)12(23)13(24)17(27-14)28-15-10(18-8(3)21)7(2)26-9(5-19)11(15)22;1-5(2)9-11-7(13)4-6(12)10-8-3/h7,9-17,19,22-24H,5H2,1-4H3,(H,18,21);5,8-9H,4H2,1-3H3,(H,10,12)(H,11,13)/t7-,9?,10?,11+,12?,13?,14-,15+,16-,17-;/m0./s1. The molecule has 0 aromatic carbocycles. The number of rotatable bonds is 11. The highest BCUT2D eigenvalue weighted by Crippen LogP contribution is 2.30. The average molecular weight is 596 g/mol. The summed E-state index contributed by atoms with van der Waals surface area (Å²) >= 11 is 0. The molecule has 0 spiro atoms. The van der Waals surface area contributed by atoms with Gasteiger partial charge in [0, 0.05) is 27.1 Å². The fourth-order valence-electron chi connectivity index (χ4n) is 4.18. The monoisotopic (exact) mass is 595 g/mol. The van der Waals surface area contributed by atoms with Gasteiger partial charge in [-0.3, -0.25) is 30.0 Å². The van der Waals surface area contributed by atoms with Crippen LogP contribution < -0.4 is 27.0 Å². The molecule has 2 saturated heterocycles. The van der Waals surface area contributed by atoms with Crippen LogP contribution in [0.25, 0.3) is 0 Å². The zero-order chi connectivity index (χ0) is 31.4. The van der Waals surface area contributed by atoms with E-state index in [4.69, 9.17) is 18.9 Å². The van der Waals surface area contributed by atoms with E-state index in [1.165, 1.54) is 21.0 Å². The molecule has 2 rings (SSSR count). The molecule has 0 aromatic heterocycles. The molecule has 2 heterocycles. The highest BCUT2D eigenvalue weighted by atomic mass is 16.7. The fourth-order valence-corrected chi connectivity index (χ4v) is 4.18. The predicted molar refractivity (Wildman–Crippen MR) is 140 cm³/mol. The minimum absolute atomic E-state index is 0.149. The molecule has 0 aliphatic carbocycles. The summed E-state index contributed by atoms with van der Waals surface area (Å²) in [6.45, 7) is 7.40. The number of ether oxygens (including phenoxy) is 4. The number of carbonyl (C=O) groups excluding carboxylic acids is 4. The maximum atomic E-state index is 11.9. The third-order valence-corrected chi connectivity index (χ3v) is 6.11. The third-order valence-electron chi connectivity index (χ3n) is 6.11. The van der Waals surface area contributed by atoms with Gasteiger partial charge >= 0.3 is 0 Å². The van der Waals surface area contributed by atoms with Crippen molar-refractivity contribution in [3.63, 3.8) is 0 Å². The lowest BCUT2D eigenvalue weighted by Gasteiger charge is -2.47. The molecule has 238 valence electrons. The van der Waals surface area contributed by atoms with Gasteiger partial charge in [-0.2, -0.15) is 0 Å². The van der Waals surface area contributed by atoms with Crippen LogP contribution in [-0.2, 0) is 38.1 Å². The summed E-state index contributed by atoms with van der Waals surface area (Å²) in [5, 5.41) is 43.2. The minimum atomic E-state index is -1.59. The van der Waals surface area contributed by atoms with E-state index in [0.29, 0.717) is 0 Å². The number of methoxy groups -OCH3 is 1. The number of aliphatic hydroxyl groups is 4. The molecule has 2 fully saturated rings. The minimum Gasteiger partial charge on any atom is -0.394 e. The first kappa shape index (κ1) is 36.7. The van der Waals surface area contributed by atoms with Crippen molar-refractivity contribution in [3.05, 3.63) is 0 Å². The number of amides is 3. The quantitative estimate of drug-likeness (QED) is 0.0811. The van der Waals surface area contributed by atoms with Gasteiger partial charge in [0.25, 0.3) is 0 Å². The van der Waals surface area contributed by atoms with Crippen LogP contribution in [0.2, 0.25) is 0 Å². The number of hydrazine groups is 2. The van der Waals surface area contributed by atoms with Gasteiger partial charge in [-0.25, -0.2) is 10.9 Å². The van der Waals surface area contributed by atoms with E-state index in [0.717, 1.165) is 0 Å². The molecule has 0 aromatic rings. The van der Waals surface area contributed by atoms with Crippen molar-refractivity contribution in [2.75, 3.05) is 20.8 Å². The van der Waals surface area contributed by atoms with Crippen LogP contribution in [0, 0.1) is 0 Å². The van der Waals surface area contributed by atoms with Crippen molar-refractivity contribution in [1.29, 1.82) is 0 Å². The van der Waals surface area contributed by atoms with Crippen molar-refractivity contribution in [2.24, 2.45) is 0 Å². The molecule has 0 saturated carbocycles. The maximum absolute atomic E-state index is 11.9. The lowest BCUT2D eigenvalue weighted by Crippen LogP contribution is -2.67. The number of hydrogen-bond donors (Lipinski definition) is 9. The summed E-state index contributed by atoms with van der Waals surface area (Å²) in [7, 11) is 2.83. The van der Waals surface area contributed by atoms with E-state index in [1.54, 1.807) is 14.0 Å². The molecule has 9 N–H and O–H groups in total. The first-order valence-electron chi connectivity index (χ1n) is 13.1. The van der Waals surface area contributed by atoms with Crippen LogP contribution in [-0.4, -0.2) is 132 Å². The summed E-state index contributed by atoms with van der Waals surface area (Å²) < 4.78 is 21.8. The SMILES string of the molecule is CNNC(=O)CC(=O)NNC(C)C.CO[C@H]1C(O)C(O)[C@H](O[C@@H]2C(NC(C)=O)[C@H](C)OC(CO)[C@H]2O)O[C@H]1C(C)=O. The van der Waals surface area contributed by atoms with Crippen molar-refractivity contribution >= 4 is 23.5 Å². The predicted octanol–water partition coefficient (Wildman–Crippen LogP) is -4.28. The van der Waals surface area contributed by atoms with E-state index < -0.39 is 79.5 Å². The molecule has 17 nitrogen and oxygen atoms in total. The number of carbonyl (C=O) groups is 4. The number of Topliss-reactive ketones (excluding diaryl/α,β-unsaturated/α-hetero) is 1. The summed E-state index contributed by atoms with van der Waals surface area (Å²) in [6.07, 6.45) is -11.2. The molecule has 4 unspecified atom stereocenters. The smallest absolute Gasteiger partial charge is 0.243 e. The Morgan fingerprint density at radius 3 is 2.02 bits per heavy atom. The highest BCUT2D eigenvalue weighted by molar-refractivity contribution is 5.96. The largest absolute Gasteiger partial charge is 0.394 e. The van der Waals surface area contributed by atoms with Gasteiger partial charge in [0.15, 0.2) is 12.1 Å². The Morgan fingerprint density at radius 2 is 1.54 bits per heavy atom. The lowest BCUT2D eigenvalue weighted by atomic mass is 9.92. The number of aliphatic hydroxyl groups excluding tert-OH is 4. The number of nitrogens with one attached hydrogen (secondary N) is 5. The molecule has 2 aliphatic rings. The van der Waals surface area contributed by atoms with Crippen LogP contribution in [0.15, 0.2) is 0 Å². The van der Waals surface area contributed by atoms with Crippen molar-refractivity contribution in [3.8, 4) is 0 Å². The van der Waals surface area contributed by atoms with Crippen LogP contribution in [0.4, 0.5) is 0 Å². The van der Waals surface area contributed by atoms with Gasteiger partial charge in [-0.15, -0.1) is 0 Å². The zero-order valence-corrected chi connectivity index (χ0v) is 24.3. The topological polar surface area (TPSA) is 246 Å². The van der Waals surface area contributed by atoms with E-state index in [1.807, 2.05) is 13.8 Å². The van der Waals surface area contributed by atoms with Crippen molar-refractivity contribution < 1.29 is 58.6 Å². The molecule has 17 heteroatoms. The van der Waals surface area contributed by atoms with E-state index >= 15 is 0 Å². The van der Waals surface area contributed by atoms with Crippen LogP contribution in [0.3, 0.4) is 0 Å². The van der Waals surface area contributed by atoms with Gasteiger partial charge in [0.05, 0.1) is 18.8 Å². The molecule has 0 radical (unpaired) electrons. The Labute approximate surface area is 238 Å². The van der Waals surface area contributed by atoms with E-state index in [9.17, 15) is 39.6 Å². The Bertz CT molecular complexity index is 865. The fraction of sp³-hybridized carbons (Fsp3) is 0.833. The lowest BCUT2D eigenvalue weighted by molar-refractivity contribution is -0.325. The van der Waals surface area contributed by atoms with E-state index in [-0.39, 0.29) is 24.3 Å². The summed E-state index contributed by atoms with van der Waals surface area (Å²) in [6, 6.07) is -0.685. The average Bonchev–Trinajstić information content (AvgIpc) is 2.89. The first-order chi connectivity index (χ1) is 19.2. The molecule has 0 bridgehead atoms. The molecular weight excluding hydrogens is 550 g/mol. The Balaban J connectivity index is 0.000000545. The Morgan fingerprint density at radius 1 is 0.927 bits per heavy atom. The second-order valence-electron chi connectivity index (χ2n) is 9.92. The second kappa shape index (κ2) is 17.6. The van der Waals surface area contributed by atoms with Gasteiger partial charge in [0.1, 0.15) is 49.1 Å². The first-order valence-corrected chi connectivity index (χ1v) is 13.1. The number of hydrogen-bond acceptors (Lipinski definition) is 14. The Hall–Kier alpha value is -2.32. The molecule has 41 heavy (non-hydrogen) atoms. The second-order valence-corrected chi connectivity index (χ2v) is 9.92.